The Morgan fingerprint density at radius 2 is 1.61 bits per heavy atom. The summed E-state index contributed by atoms with van der Waals surface area (Å²) in [6.07, 6.45) is 6.55. The summed E-state index contributed by atoms with van der Waals surface area (Å²) in [6, 6.07) is 13.5. The van der Waals surface area contributed by atoms with Crippen LogP contribution in [0.3, 0.4) is 0 Å². The van der Waals surface area contributed by atoms with Crippen molar-refractivity contribution in [2.75, 3.05) is 49.1 Å². The maximum absolute atomic E-state index is 14.9. The summed E-state index contributed by atoms with van der Waals surface area (Å²) in [5.74, 6) is 1.41. The van der Waals surface area contributed by atoms with Gasteiger partial charge in [-0.2, -0.15) is 13.2 Å². The van der Waals surface area contributed by atoms with Gasteiger partial charge in [-0.1, -0.05) is 19.1 Å². The molecule has 7 heterocycles. The van der Waals surface area contributed by atoms with Crippen LogP contribution in [0.1, 0.15) is 152 Å². The molecule has 5 aliphatic heterocycles. The molecule has 2 unspecified atom stereocenters. The van der Waals surface area contributed by atoms with E-state index >= 15 is 0 Å². The van der Waals surface area contributed by atoms with Crippen LogP contribution >= 0.6 is 0 Å². The summed E-state index contributed by atoms with van der Waals surface area (Å²) >= 11 is 0. The molecule has 3 saturated heterocycles. The number of benzene rings is 2. The monoisotopic (exact) mass is 1020 g/mol. The number of amides is 4. The number of aryl methyl sites for hydroxylation is 1. The van der Waals surface area contributed by atoms with Gasteiger partial charge in [-0.05, 0) is 143 Å². The number of halogens is 3. The van der Waals surface area contributed by atoms with E-state index in [9.17, 15) is 32.3 Å². The third-order valence-electron chi connectivity index (χ3n) is 17.7. The number of rotatable bonds is 12. The van der Waals surface area contributed by atoms with E-state index in [1.54, 1.807) is 17.3 Å². The molecule has 5 fully saturated rings. The van der Waals surface area contributed by atoms with Crippen LogP contribution in [0.2, 0.25) is 0 Å². The molecule has 15 nitrogen and oxygen atoms in total. The summed E-state index contributed by atoms with van der Waals surface area (Å²) in [7, 11) is 1.93. The molecule has 11 rings (SSSR count). The zero-order valence-electron chi connectivity index (χ0n) is 43.3. The van der Waals surface area contributed by atoms with Crippen molar-refractivity contribution in [1.82, 2.24) is 39.8 Å². The highest BCUT2D eigenvalue weighted by Crippen LogP contribution is 2.51. The van der Waals surface area contributed by atoms with E-state index in [-0.39, 0.29) is 65.1 Å². The lowest BCUT2D eigenvalue weighted by Crippen LogP contribution is -2.59. The van der Waals surface area contributed by atoms with E-state index in [4.69, 9.17) is 9.72 Å². The largest absolute Gasteiger partial charge is 0.416 e. The Morgan fingerprint density at radius 3 is 2.30 bits per heavy atom. The summed E-state index contributed by atoms with van der Waals surface area (Å²) in [5.41, 5.74) is 2.32. The zero-order chi connectivity index (χ0) is 51.8. The van der Waals surface area contributed by atoms with Crippen LogP contribution in [-0.2, 0) is 52.5 Å². The molecule has 0 spiro atoms. The Bertz CT molecular complexity index is 2830. The first-order valence-electron chi connectivity index (χ1n) is 26.9. The first kappa shape index (κ1) is 50.4. The smallest absolute Gasteiger partial charge is 0.375 e. The number of fused-ring (bicyclic) bond motifs is 2. The van der Waals surface area contributed by atoms with Crippen molar-refractivity contribution in [3.8, 4) is 0 Å². The Balaban J connectivity index is 0.662. The topological polar surface area (TPSA) is 149 Å². The third-order valence-corrected chi connectivity index (χ3v) is 17.7. The van der Waals surface area contributed by atoms with Gasteiger partial charge in [-0.15, -0.1) is 10.2 Å². The highest BCUT2D eigenvalue weighted by Gasteiger charge is 2.47. The summed E-state index contributed by atoms with van der Waals surface area (Å²) in [5, 5.41) is 10.8. The summed E-state index contributed by atoms with van der Waals surface area (Å²) in [4.78, 5) is 67.1. The lowest BCUT2D eigenvalue weighted by atomic mass is 9.57. The van der Waals surface area contributed by atoms with E-state index in [2.05, 4.69) is 57.1 Å². The number of piperidine rings is 2. The number of anilines is 2. The third kappa shape index (κ3) is 9.63. The van der Waals surface area contributed by atoms with Gasteiger partial charge in [0, 0.05) is 87.9 Å². The molecule has 394 valence electrons. The van der Waals surface area contributed by atoms with Gasteiger partial charge < -0.3 is 24.0 Å². The van der Waals surface area contributed by atoms with Crippen molar-refractivity contribution in [3.05, 3.63) is 99.8 Å². The molecule has 4 aromatic rings. The number of pyridine rings is 1. The number of hydrogen-bond donors (Lipinski definition) is 1. The average molecular weight is 1020 g/mol. The predicted octanol–water partition coefficient (Wildman–Crippen LogP) is 7.76. The van der Waals surface area contributed by atoms with E-state index < -0.39 is 29.6 Å². The molecule has 0 bridgehead atoms. The van der Waals surface area contributed by atoms with Gasteiger partial charge >= 0.3 is 6.18 Å². The standard InChI is InChI=1S/C56H69F3N10O5/c1-34-26-55(27-34,28-48-63-60-33-64(48)5)38-7-6-8-39(25-38)68-31-44-43(52(68)72)23-37(24-45(44)56(57,58)59)30-67-22-21-65(32-54(67,3)4)29-36-9-11-40(12-10-36)74-41-17-19-66(20-18-41)47-15-13-42-50(61-47)35(2)69(53(42)73)46-14-16-49(70)62-51(46)71/h6-8,13,15,23-25,33-36,40-41,46H,9-12,14,16-22,26-32H2,1-5H3,(H,62,70,71)/t34-,35?,36-,40-,46?,55-. The van der Waals surface area contributed by atoms with E-state index in [0.717, 1.165) is 101 Å². The van der Waals surface area contributed by atoms with Gasteiger partial charge in [0.2, 0.25) is 11.8 Å². The van der Waals surface area contributed by atoms with Crippen molar-refractivity contribution in [1.29, 1.82) is 0 Å². The van der Waals surface area contributed by atoms with Gasteiger partial charge in [-0.25, -0.2) is 4.98 Å². The first-order chi connectivity index (χ1) is 35.3. The molecule has 1 N–H and O–H groups in total. The summed E-state index contributed by atoms with van der Waals surface area (Å²) in [6.45, 7) is 13.5. The Kier molecular flexibility index (Phi) is 13.3. The van der Waals surface area contributed by atoms with E-state index in [1.807, 2.05) is 48.9 Å². The lowest BCUT2D eigenvalue weighted by molar-refractivity contribution is -0.139. The highest BCUT2D eigenvalue weighted by atomic mass is 19.4. The molecule has 74 heavy (non-hydrogen) atoms. The van der Waals surface area contributed by atoms with Crippen LogP contribution in [0.4, 0.5) is 24.7 Å². The van der Waals surface area contributed by atoms with Crippen LogP contribution in [-0.4, -0.2) is 121 Å². The number of piperazine rings is 1. The van der Waals surface area contributed by atoms with Crippen molar-refractivity contribution >= 4 is 35.1 Å². The quantitative estimate of drug-likeness (QED) is 0.139. The van der Waals surface area contributed by atoms with Crippen LogP contribution in [0.15, 0.2) is 54.9 Å². The molecule has 2 aromatic carbocycles. The molecule has 2 saturated carbocycles. The van der Waals surface area contributed by atoms with Crippen LogP contribution < -0.4 is 15.1 Å². The average Bonchev–Trinajstić information content (AvgIpc) is 4.00. The second-order valence-corrected chi connectivity index (χ2v) is 23.3. The molecule has 0 radical (unpaired) electrons. The maximum atomic E-state index is 14.9. The minimum Gasteiger partial charge on any atom is -0.375 e. The molecule has 4 amide bonds. The fraction of sp³-hybridized carbons (Fsp3) is 0.589. The van der Waals surface area contributed by atoms with Gasteiger partial charge in [0.25, 0.3) is 11.8 Å². The minimum absolute atomic E-state index is 0.0413. The minimum atomic E-state index is -4.62. The number of hydrogen-bond acceptors (Lipinski definition) is 11. The second kappa shape index (κ2) is 19.4. The van der Waals surface area contributed by atoms with Crippen molar-refractivity contribution in [2.45, 2.75) is 153 Å². The maximum Gasteiger partial charge on any atom is 0.416 e. The number of nitrogens with zero attached hydrogens (tertiary/aromatic N) is 9. The summed E-state index contributed by atoms with van der Waals surface area (Å²) < 4.78 is 53.5. The molecule has 7 aliphatic rings. The van der Waals surface area contributed by atoms with E-state index in [1.165, 1.54) is 11.0 Å². The van der Waals surface area contributed by atoms with Gasteiger partial charge in [0.1, 0.15) is 24.0 Å². The number of nitrogens with one attached hydrogen (secondary N) is 1. The van der Waals surface area contributed by atoms with Gasteiger partial charge in [0.15, 0.2) is 0 Å². The molecule has 18 heteroatoms. The second-order valence-electron chi connectivity index (χ2n) is 23.3. The Morgan fingerprint density at radius 1 is 0.851 bits per heavy atom. The number of imide groups is 1. The normalized spacial score (nSPS) is 27.9. The Hall–Kier alpha value is -5.72. The number of ether oxygens (including phenoxy) is 1. The number of carbonyl (C=O) groups is 4. The predicted molar refractivity (Wildman–Crippen MR) is 271 cm³/mol. The number of carbonyl (C=O) groups excluding carboxylic acids is 4. The Labute approximate surface area is 431 Å². The number of aromatic nitrogens is 4. The van der Waals surface area contributed by atoms with Crippen molar-refractivity contribution in [3.63, 3.8) is 0 Å². The molecular weight excluding hydrogens is 950 g/mol. The van der Waals surface area contributed by atoms with Crippen LogP contribution in [0, 0.1) is 11.8 Å². The van der Waals surface area contributed by atoms with Crippen LogP contribution in [0.5, 0.6) is 0 Å². The molecular formula is C56H69F3N10O5. The van der Waals surface area contributed by atoms with Gasteiger partial charge in [0.05, 0.1) is 41.6 Å². The van der Waals surface area contributed by atoms with Gasteiger partial charge in [-0.3, -0.25) is 34.3 Å². The molecule has 2 aromatic heterocycles. The SMILES string of the molecule is CC1c2nc(N3CCC(O[C@H]4CC[C@H](CN5CCN(Cc6cc7c(c(C(F)(F)F)c6)CN(c6cccc([C@]8(Cc9nncn9C)C[C@@H](C)C8)c6)C7=O)C(C)(C)C5)CC4)CC3)ccc2C(=O)N1C1CCC(=O)NC1=O. The first-order valence-corrected chi connectivity index (χ1v) is 26.9. The van der Waals surface area contributed by atoms with Crippen molar-refractivity contribution in [2.24, 2.45) is 18.9 Å². The number of alkyl halides is 3. The van der Waals surface area contributed by atoms with E-state index in [0.29, 0.717) is 60.3 Å². The zero-order valence-corrected chi connectivity index (χ0v) is 43.3. The fourth-order valence-electron chi connectivity index (χ4n) is 13.8. The fourth-order valence-corrected chi connectivity index (χ4v) is 13.8. The molecule has 2 aliphatic carbocycles. The lowest BCUT2D eigenvalue weighted by Gasteiger charge is -2.48. The van der Waals surface area contributed by atoms with Crippen molar-refractivity contribution < 1.29 is 37.1 Å². The van der Waals surface area contributed by atoms with Crippen LogP contribution in [0.25, 0.3) is 0 Å². The molecule has 2 atom stereocenters. The highest BCUT2D eigenvalue weighted by molar-refractivity contribution is 6.10.